The number of aromatic nitrogens is 6. The highest BCUT2D eigenvalue weighted by molar-refractivity contribution is 6.32. The van der Waals surface area contributed by atoms with Gasteiger partial charge in [0, 0.05) is 24.2 Å². The first kappa shape index (κ1) is 41.0. The van der Waals surface area contributed by atoms with Crippen LogP contribution in [0.25, 0.3) is 16.9 Å². The van der Waals surface area contributed by atoms with E-state index < -0.39 is 79.3 Å². The first-order chi connectivity index (χ1) is 25.7. The van der Waals surface area contributed by atoms with E-state index in [0.29, 0.717) is 22.9 Å². The van der Waals surface area contributed by atoms with Crippen molar-refractivity contribution in [2.45, 2.75) is 70.9 Å². The molecule has 2 heterocycles. The minimum absolute atomic E-state index is 0.0227. The lowest BCUT2D eigenvalue weighted by Crippen LogP contribution is -2.49. The number of guanidine groups is 1. The van der Waals surface area contributed by atoms with Gasteiger partial charge < -0.3 is 11.1 Å². The minimum Gasteiger partial charge on any atom is -0.369 e. The SMILES string of the molecule is C[C@@H](C(=O)NC[C@H](c1ccc(Cl)c(-n2ncnc2C(F)F)c1)N(C(=O)c1ccc(-c2cnn(C3CC3)n2)cc1)C(N)=NCCC(C)(C)C(F)(F)F)C(F)(F)F. The molecule has 0 spiro atoms. The maximum absolute atomic E-state index is 14.4. The van der Waals surface area contributed by atoms with Gasteiger partial charge in [0.25, 0.3) is 12.3 Å². The van der Waals surface area contributed by atoms with E-state index >= 15 is 0 Å². The molecule has 0 saturated heterocycles. The molecular formula is C34H35ClF8N10O2. The lowest BCUT2D eigenvalue weighted by molar-refractivity contribution is -0.212. The molecule has 55 heavy (non-hydrogen) atoms. The number of rotatable bonds is 13. The zero-order chi connectivity index (χ0) is 40.5. The monoisotopic (exact) mass is 802 g/mol. The van der Waals surface area contributed by atoms with Crippen LogP contribution in [0.5, 0.6) is 0 Å². The summed E-state index contributed by atoms with van der Waals surface area (Å²) in [5.74, 6) is -6.39. The Morgan fingerprint density at radius 3 is 2.33 bits per heavy atom. The normalized spacial score (nSPS) is 15.3. The van der Waals surface area contributed by atoms with Crippen molar-refractivity contribution in [2.75, 3.05) is 13.1 Å². The van der Waals surface area contributed by atoms with Gasteiger partial charge in [-0.3, -0.25) is 19.5 Å². The van der Waals surface area contributed by atoms with Gasteiger partial charge >= 0.3 is 12.4 Å². The third-order valence-electron chi connectivity index (χ3n) is 9.07. The van der Waals surface area contributed by atoms with Crippen molar-refractivity contribution in [3.8, 4) is 16.9 Å². The zero-order valence-electron chi connectivity index (χ0n) is 29.4. The first-order valence-corrected chi connectivity index (χ1v) is 17.1. The van der Waals surface area contributed by atoms with Crippen LogP contribution in [0.2, 0.25) is 5.02 Å². The number of alkyl halides is 8. The van der Waals surface area contributed by atoms with E-state index in [1.54, 1.807) is 23.1 Å². The molecule has 1 saturated carbocycles. The number of halogens is 9. The molecule has 2 amide bonds. The lowest BCUT2D eigenvalue weighted by Gasteiger charge is -2.33. The number of nitrogens with zero attached hydrogens (tertiary/aromatic N) is 8. The average molecular weight is 803 g/mol. The van der Waals surface area contributed by atoms with Gasteiger partial charge in [0.2, 0.25) is 5.91 Å². The summed E-state index contributed by atoms with van der Waals surface area (Å²) in [5, 5.41) is 14.5. The second-order valence-electron chi connectivity index (χ2n) is 13.5. The van der Waals surface area contributed by atoms with Gasteiger partial charge in [-0.25, -0.2) is 18.4 Å². The van der Waals surface area contributed by atoms with E-state index in [1.807, 2.05) is 0 Å². The maximum atomic E-state index is 14.4. The van der Waals surface area contributed by atoms with Crippen LogP contribution in [0.15, 0.2) is 60.0 Å². The fourth-order valence-corrected chi connectivity index (χ4v) is 5.42. The molecule has 4 aromatic rings. The van der Waals surface area contributed by atoms with Crippen LogP contribution in [0.4, 0.5) is 35.1 Å². The number of hydrogen-bond donors (Lipinski definition) is 2. The highest BCUT2D eigenvalue weighted by Crippen LogP contribution is 2.40. The molecule has 1 aliphatic rings. The molecule has 0 aliphatic heterocycles. The van der Waals surface area contributed by atoms with Crippen molar-refractivity contribution in [1.82, 2.24) is 40.0 Å². The number of hydrogen-bond acceptors (Lipinski definition) is 7. The van der Waals surface area contributed by atoms with Gasteiger partial charge in [-0.15, -0.1) is 0 Å². The zero-order valence-corrected chi connectivity index (χ0v) is 30.2. The van der Waals surface area contributed by atoms with Crippen LogP contribution < -0.4 is 11.1 Å². The van der Waals surface area contributed by atoms with Crippen molar-refractivity contribution >= 4 is 29.4 Å². The van der Waals surface area contributed by atoms with E-state index in [0.717, 1.165) is 37.9 Å². The average Bonchev–Trinajstić information content (AvgIpc) is 3.62. The Morgan fingerprint density at radius 2 is 1.73 bits per heavy atom. The van der Waals surface area contributed by atoms with Gasteiger partial charge in [-0.2, -0.15) is 46.4 Å². The van der Waals surface area contributed by atoms with Crippen molar-refractivity contribution in [3.63, 3.8) is 0 Å². The minimum atomic E-state index is -4.95. The molecule has 2 aromatic heterocycles. The van der Waals surface area contributed by atoms with Gasteiger partial charge in [-0.1, -0.05) is 43.6 Å². The lowest BCUT2D eigenvalue weighted by atomic mass is 9.89. The molecule has 1 fully saturated rings. The van der Waals surface area contributed by atoms with E-state index in [9.17, 15) is 44.7 Å². The Bertz CT molecular complexity index is 2020. The largest absolute Gasteiger partial charge is 0.400 e. The molecule has 2 atom stereocenters. The van der Waals surface area contributed by atoms with Gasteiger partial charge in [0.1, 0.15) is 17.9 Å². The number of carbonyl (C=O) groups is 2. The molecule has 12 nitrogen and oxygen atoms in total. The van der Waals surface area contributed by atoms with Crippen LogP contribution in [0.1, 0.15) is 80.3 Å². The van der Waals surface area contributed by atoms with E-state index in [2.05, 4.69) is 30.6 Å². The number of carbonyl (C=O) groups excluding carboxylic acids is 2. The quantitative estimate of drug-likeness (QED) is 0.0823. The smallest absolute Gasteiger partial charge is 0.369 e. The summed E-state index contributed by atoms with van der Waals surface area (Å²) >= 11 is 6.36. The van der Waals surface area contributed by atoms with Crippen molar-refractivity contribution in [1.29, 1.82) is 0 Å². The molecule has 1 aliphatic carbocycles. The fourth-order valence-electron chi connectivity index (χ4n) is 5.23. The van der Waals surface area contributed by atoms with Crippen LogP contribution >= 0.6 is 11.6 Å². The molecule has 2 aromatic carbocycles. The number of aliphatic imine (C=N–C) groups is 1. The van der Waals surface area contributed by atoms with Crippen molar-refractivity contribution in [3.05, 3.63) is 77.0 Å². The Kier molecular flexibility index (Phi) is 11.9. The first-order valence-electron chi connectivity index (χ1n) is 16.7. The molecule has 0 bridgehead atoms. The molecule has 3 N–H and O–H groups in total. The molecule has 5 rings (SSSR count). The highest BCUT2D eigenvalue weighted by atomic mass is 35.5. The number of amides is 2. The van der Waals surface area contributed by atoms with Crippen molar-refractivity contribution in [2.24, 2.45) is 22.1 Å². The number of benzene rings is 2. The summed E-state index contributed by atoms with van der Waals surface area (Å²) < 4.78 is 110. The second kappa shape index (κ2) is 15.9. The van der Waals surface area contributed by atoms with Crippen LogP contribution in [-0.4, -0.2) is 77.9 Å². The van der Waals surface area contributed by atoms with E-state index in [1.165, 1.54) is 30.3 Å². The Morgan fingerprint density at radius 1 is 1.05 bits per heavy atom. The Labute approximate surface area is 313 Å². The Hall–Kier alpha value is -5.14. The second-order valence-corrected chi connectivity index (χ2v) is 13.9. The molecule has 21 heteroatoms. The summed E-state index contributed by atoms with van der Waals surface area (Å²) in [4.78, 5) is 37.2. The molecule has 296 valence electrons. The molecular weight excluding hydrogens is 768 g/mol. The Balaban J connectivity index is 1.60. The van der Waals surface area contributed by atoms with Crippen LogP contribution in [0.3, 0.4) is 0 Å². The highest BCUT2D eigenvalue weighted by Gasteiger charge is 2.47. The third-order valence-corrected chi connectivity index (χ3v) is 9.39. The number of nitrogens with two attached hydrogens (primary N) is 1. The standard InChI is InChI=1S/C34H35ClF8N10O2/c1-18(33(38,39)40)29(54)46-16-26(21-8-11-23(35)25(14-21)52-28(27(36)37)47-17-49-52)51(31(44)45-13-12-32(2,3)34(41,42)43)30(55)20-6-4-19(5-7-20)24-15-48-53(50-24)22-9-10-22/h4-8,11,14-15,17-18,22,26-27H,9-10,12-13,16H2,1-3H3,(H2,44,45)(H,46,54)/t18-,26+/m0/s1. The summed E-state index contributed by atoms with van der Waals surface area (Å²) in [6.45, 7) is 1.19. The topological polar surface area (TPSA) is 149 Å². The van der Waals surface area contributed by atoms with Gasteiger partial charge in [0.15, 0.2) is 11.8 Å². The molecule has 0 radical (unpaired) electrons. The molecule has 0 unspecified atom stereocenters. The number of nitrogens with one attached hydrogen (secondary N) is 1. The van der Waals surface area contributed by atoms with Crippen molar-refractivity contribution < 1.29 is 44.7 Å². The summed E-state index contributed by atoms with van der Waals surface area (Å²) in [6, 6.07) is 8.21. The van der Waals surface area contributed by atoms with Crippen LogP contribution in [0, 0.1) is 11.3 Å². The maximum Gasteiger partial charge on any atom is 0.400 e. The van der Waals surface area contributed by atoms with Gasteiger partial charge in [0.05, 0.1) is 34.4 Å². The van der Waals surface area contributed by atoms with Gasteiger partial charge in [-0.05, 0) is 56.0 Å². The van der Waals surface area contributed by atoms with E-state index in [-0.39, 0.29) is 27.9 Å². The summed E-state index contributed by atoms with van der Waals surface area (Å²) in [6.07, 6.45) is -9.02. The summed E-state index contributed by atoms with van der Waals surface area (Å²) in [5.41, 5.74) is 4.93. The van der Waals surface area contributed by atoms with Crippen LogP contribution in [-0.2, 0) is 4.79 Å². The fraction of sp³-hybridized carbons (Fsp3) is 0.441. The summed E-state index contributed by atoms with van der Waals surface area (Å²) in [7, 11) is 0. The predicted molar refractivity (Wildman–Crippen MR) is 183 cm³/mol. The predicted octanol–water partition coefficient (Wildman–Crippen LogP) is 7.24. The third kappa shape index (κ3) is 9.40. The van der Waals surface area contributed by atoms with E-state index in [4.69, 9.17) is 17.3 Å².